The van der Waals surface area contributed by atoms with Gasteiger partial charge in [0.25, 0.3) is 0 Å². The van der Waals surface area contributed by atoms with Crippen molar-refractivity contribution in [3.63, 3.8) is 0 Å². The average molecular weight is 400 g/mol. The van der Waals surface area contributed by atoms with Crippen LogP contribution < -0.4 is 5.73 Å². The SMILES string of the molecule is CCSc1cc(C(F)(C(F)(F)F)C(F)(F)F)cc(Br)c1N. The molecule has 0 aliphatic carbocycles. The van der Waals surface area contributed by atoms with Gasteiger partial charge in [-0.25, -0.2) is 4.39 Å². The molecule has 120 valence electrons. The van der Waals surface area contributed by atoms with E-state index in [2.05, 4.69) is 15.9 Å². The first-order chi connectivity index (χ1) is 9.36. The van der Waals surface area contributed by atoms with E-state index in [1.165, 1.54) is 0 Å². The molecular formula is C11H9BrF7NS. The van der Waals surface area contributed by atoms with Gasteiger partial charge in [-0.1, -0.05) is 6.92 Å². The molecule has 0 atom stereocenters. The Hall–Kier alpha value is -0.640. The van der Waals surface area contributed by atoms with Gasteiger partial charge < -0.3 is 5.73 Å². The molecule has 0 saturated heterocycles. The van der Waals surface area contributed by atoms with Crippen LogP contribution in [-0.4, -0.2) is 18.1 Å². The molecule has 1 nitrogen and oxygen atoms in total. The van der Waals surface area contributed by atoms with Crippen LogP contribution in [0.4, 0.5) is 36.4 Å². The van der Waals surface area contributed by atoms with Crippen LogP contribution >= 0.6 is 27.7 Å². The summed E-state index contributed by atoms with van der Waals surface area (Å²) < 4.78 is 89.8. The molecule has 0 spiro atoms. The van der Waals surface area contributed by atoms with Gasteiger partial charge in [-0.2, -0.15) is 26.3 Å². The van der Waals surface area contributed by atoms with Crippen molar-refractivity contribution < 1.29 is 30.7 Å². The zero-order valence-corrected chi connectivity index (χ0v) is 12.8. The van der Waals surface area contributed by atoms with Gasteiger partial charge in [-0.15, -0.1) is 11.8 Å². The minimum absolute atomic E-state index is 0.0442. The predicted octanol–water partition coefficient (Wildman–Crippen LogP) is 5.43. The topological polar surface area (TPSA) is 26.0 Å². The predicted molar refractivity (Wildman–Crippen MR) is 69.8 cm³/mol. The highest BCUT2D eigenvalue weighted by Gasteiger charge is 2.73. The first kappa shape index (κ1) is 18.4. The maximum absolute atomic E-state index is 13.9. The normalized spacial score (nSPS) is 13.6. The molecule has 1 aromatic rings. The van der Waals surface area contributed by atoms with Crippen molar-refractivity contribution in [2.45, 2.75) is 29.8 Å². The van der Waals surface area contributed by atoms with Crippen LogP contribution in [0.25, 0.3) is 0 Å². The lowest BCUT2D eigenvalue weighted by Gasteiger charge is -2.31. The number of hydrogen-bond donors (Lipinski definition) is 1. The quantitative estimate of drug-likeness (QED) is 0.416. The number of alkyl halides is 7. The fourth-order valence-corrected chi connectivity index (χ4v) is 2.93. The maximum Gasteiger partial charge on any atom is 0.435 e. The average Bonchev–Trinajstić information content (AvgIpc) is 2.31. The minimum Gasteiger partial charge on any atom is -0.397 e. The van der Waals surface area contributed by atoms with Crippen LogP contribution in [0, 0.1) is 0 Å². The number of hydrogen-bond acceptors (Lipinski definition) is 2. The van der Waals surface area contributed by atoms with E-state index in [1.54, 1.807) is 6.92 Å². The van der Waals surface area contributed by atoms with Gasteiger partial charge in [-0.3, -0.25) is 0 Å². The van der Waals surface area contributed by atoms with Crippen LogP contribution in [-0.2, 0) is 5.67 Å². The summed E-state index contributed by atoms with van der Waals surface area (Å²) >= 11 is 3.66. The number of nitrogens with two attached hydrogens (primary N) is 1. The van der Waals surface area contributed by atoms with Gasteiger partial charge in [0.1, 0.15) is 0 Å². The van der Waals surface area contributed by atoms with E-state index in [0.29, 0.717) is 17.9 Å². The fourth-order valence-electron chi connectivity index (χ4n) is 1.55. The zero-order chi connectivity index (χ0) is 16.6. The molecule has 0 aromatic heterocycles. The van der Waals surface area contributed by atoms with E-state index in [4.69, 9.17) is 5.73 Å². The molecule has 10 heteroatoms. The highest BCUT2D eigenvalue weighted by Crippen LogP contribution is 2.54. The summed E-state index contributed by atoms with van der Waals surface area (Å²) in [5.41, 5.74) is -1.51. The highest BCUT2D eigenvalue weighted by molar-refractivity contribution is 9.10. The van der Waals surface area contributed by atoms with E-state index in [-0.39, 0.29) is 15.1 Å². The van der Waals surface area contributed by atoms with Crippen LogP contribution in [0.5, 0.6) is 0 Å². The summed E-state index contributed by atoms with van der Waals surface area (Å²) in [5, 5.41) is 0. The number of nitrogen functional groups attached to an aromatic ring is 1. The van der Waals surface area contributed by atoms with Gasteiger partial charge >= 0.3 is 18.0 Å². The molecule has 0 aliphatic heterocycles. The Morgan fingerprint density at radius 1 is 1.05 bits per heavy atom. The Bertz CT molecular complexity index is 513. The van der Waals surface area contributed by atoms with Crippen LogP contribution in [0.2, 0.25) is 0 Å². The van der Waals surface area contributed by atoms with Crippen LogP contribution in [0.15, 0.2) is 21.5 Å². The van der Waals surface area contributed by atoms with Crippen LogP contribution in [0.3, 0.4) is 0 Å². The largest absolute Gasteiger partial charge is 0.435 e. The molecule has 1 rings (SSSR count). The molecule has 2 N–H and O–H groups in total. The lowest BCUT2D eigenvalue weighted by molar-refractivity contribution is -0.348. The molecule has 0 amide bonds. The summed E-state index contributed by atoms with van der Waals surface area (Å²) in [6.45, 7) is 1.63. The van der Waals surface area contributed by atoms with Crippen molar-refractivity contribution in [3.8, 4) is 0 Å². The minimum atomic E-state index is -6.14. The van der Waals surface area contributed by atoms with E-state index < -0.39 is 23.6 Å². The third kappa shape index (κ3) is 3.25. The Labute approximate surface area is 128 Å². The number of rotatable bonds is 3. The molecule has 0 saturated carbocycles. The smallest absolute Gasteiger partial charge is 0.397 e. The Balaban J connectivity index is 3.61. The lowest BCUT2D eigenvalue weighted by atomic mass is 9.94. The van der Waals surface area contributed by atoms with Crippen molar-refractivity contribution in [2.24, 2.45) is 0 Å². The number of anilines is 1. The second kappa shape index (κ2) is 5.86. The number of benzene rings is 1. The molecule has 21 heavy (non-hydrogen) atoms. The number of thioether (sulfide) groups is 1. The summed E-state index contributed by atoms with van der Waals surface area (Å²) in [6, 6.07) is 0.880. The summed E-state index contributed by atoms with van der Waals surface area (Å²) in [6.07, 6.45) is -12.3. The van der Waals surface area contributed by atoms with Crippen molar-refractivity contribution in [1.82, 2.24) is 0 Å². The molecule has 0 aliphatic rings. The van der Waals surface area contributed by atoms with Gasteiger partial charge in [0.2, 0.25) is 0 Å². The lowest BCUT2D eigenvalue weighted by Crippen LogP contribution is -2.50. The van der Waals surface area contributed by atoms with Gasteiger partial charge in [0, 0.05) is 14.9 Å². The molecule has 0 radical (unpaired) electrons. The van der Waals surface area contributed by atoms with Gasteiger partial charge in [0.15, 0.2) is 0 Å². The number of halogens is 8. The third-order valence-corrected chi connectivity index (χ3v) is 4.16. The Morgan fingerprint density at radius 2 is 1.52 bits per heavy atom. The van der Waals surface area contributed by atoms with Gasteiger partial charge in [0.05, 0.1) is 5.69 Å². The third-order valence-electron chi connectivity index (χ3n) is 2.57. The van der Waals surface area contributed by atoms with E-state index in [0.717, 1.165) is 11.8 Å². The van der Waals surface area contributed by atoms with E-state index >= 15 is 0 Å². The summed E-state index contributed by atoms with van der Waals surface area (Å²) in [5.74, 6) is 0.345. The fraction of sp³-hybridized carbons (Fsp3) is 0.455. The first-order valence-corrected chi connectivity index (χ1v) is 7.18. The Kier molecular flexibility index (Phi) is 5.14. The second-order valence-electron chi connectivity index (χ2n) is 3.96. The standard InChI is InChI=1S/C11H9BrF7NS/c1-2-21-7-4-5(3-6(12)8(7)20)9(13,10(14,15)16)11(17,18)19/h3-4H,2,20H2,1H3. The molecule has 0 bridgehead atoms. The molecule has 1 aromatic carbocycles. The highest BCUT2D eigenvalue weighted by atomic mass is 79.9. The Morgan fingerprint density at radius 3 is 1.90 bits per heavy atom. The first-order valence-electron chi connectivity index (χ1n) is 5.41. The van der Waals surface area contributed by atoms with Crippen molar-refractivity contribution in [2.75, 3.05) is 11.5 Å². The maximum atomic E-state index is 13.9. The zero-order valence-electron chi connectivity index (χ0n) is 10.4. The van der Waals surface area contributed by atoms with E-state index in [9.17, 15) is 30.7 Å². The monoisotopic (exact) mass is 399 g/mol. The summed E-state index contributed by atoms with van der Waals surface area (Å²) in [4.78, 5) is -0.0580. The molecule has 0 fully saturated rings. The van der Waals surface area contributed by atoms with Gasteiger partial charge in [-0.05, 0) is 33.8 Å². The van der Waals surface area contributed by atoms with Crippen molar-refractivity contribution in [3.05, 3.63) is 22.2 Å². The van der Waals surface area contributed by atoms with Crippen molar-refractivity contribution >= 4 is 33.4 Å². The molecular weight excluding hydrogens is 391 g/mol. The van der Waals surface area contributed by atoms with Crippen molar-refractivity contribution in [1.29, 1.82) is 0 Å². The van der Waals surface area contributed by atoms with E-state index in [1.807, 2.05) is 0 Å². The summed E-state index contributed by atoms with van der Waals surface area (Å²) in [7, 11) is 0. The second-order valence-corrected chi connectivity index (χ2v) is 6.12. The molecule has 0 heterocycles. The van der Waals surface area contributed by atoms with Crippen LogP contribution in [0.1, 0.15) is 12.5 Å². The molecule has 0 unspecified atom stereocenters.